The van der Waals surface area contributed by atoms with Crippen LogP contribution < -0.4 is 10.1 Å². The van der Waals surface area contributed by atoms with E-state index in [1.54, 1.807) is 24.7 Å². The second kappa shape index (κ2) is 9.45. The first kappa shape index (κ1) is 20.0. The molecule has 3 aromatic rings. The minimum atomic E-state index is -0.982. The van der Waals surface area contributed by atoms with E-state index >= 15 is 0 Å². The van der Waals surface area contributed by atoms with Gasteiger partial charge in [0.05, 0.1) is 7.11 Å². The van der Waals surface area contributed by atoms with E-state index in [1.807, 2.05) is 42.5 Å². The molecule has 3 rings (SSSR count). The zero-order valence-electron chi connectivity index (χ0n) is 16.2. The number of pyridine rings is 2. The van der Waals surface area contributed by atoms with E-state index in [0.717, 1.165) is 16.7 Å². The Bertz CT molecular complexity index is 978. The lowest BCUT2D eigenvalue weighted by molar-refractivity contribution is -0.151. The number of hydrogen-bond acceptors (Lipinski definition) is 6. The molecule has 0 saturated carbocycles. The number of carbonyl (C=O) groups is 2. The number of methoxy groups -OCH3 is 1. The van der Waals surface area contributed by atoms with Crippen LogP contribution in [0.4, 0.5) is 5.69 Å². The molecule has 0 aliphatic rings. The van der Waals surface area contributed by atoms with Crippen molar-refractivity contribution in [3.8, 4) is 17.0 Å². The first-order valence-corrected chi connectivity index (χ1v) is 9.03. The predicted octanol–water partition coefficient (Wildman–Crippen LogP) is 3.27. The van der Waals surface area contributed by atoms with E-state index in [0.29, 0.717) is 5.69 Å². The Labute approximate surface area is 168 Å². The van der Waals surface area contributed by atoms with Gasteiger partial charge >= 0.3 is 5.97 Å². The molecule has 1 amide bonds. The fourth-order valence-electron chi connectivity index (χ4n) is 2.84. The van der Waals surface area contributed by atoms with Crippen molar-refractivity contribution in [3.63, 3.8) is 0 Å². The van der Waals surface area contributed by atoms with Crippen LogP contribution in [0.2, 0.25) is 0 Å². The largest absolute Gasteiger partial charge is 0.480 e. The van der Waals surface area contributed by atoms with Gasteiger partial charge in [-0.15, -0.1) is 0 Å². The van der Waals surface area contributed by atoms with Gasteiger partial charge < -0.3 is 14.8 Å². The summed E-state index contributed by atoms with van der Waals surface area (Å²) < 4.78 is 10.5. The molecule has 29 heavy (non-hydrogen) atoms. The van der Waals surface area contributed by atoms with Crippen LogP contribution in [0.5, 0.6) is 5.88 Å². The minimum absolute atomic E-state index is 0.256. The predicted molar refractivity (Wildman–Crippen MR) is 108 cm³/mol. The Balaban J connectivity index is 1.85. The number of amides is 1. The summed E-state index contributed by atoms with van der Waals surface area (Å²) in [5, 5.41) is 2.78. The van der Waals surface area contributed by atoms with Gasteiger partial charge in [0.25, 0.3) is 5.91 Å². The van der Waals surface area contributed by atoms with E-state index in [-0.39, 0.29) is 12.3 Å². The van der Waals surface area contributed by atoms with Crippen LogP contribution in [-0.2, 0) is 20.7 Å². The van der Waals surface area contributed by atoms with Crippen LogP contribution in [0.1, 0.15) is 12.5 Å². The average Bonchev–Trinajstić information content (AvgIpc) is 2.74. The second-order valence-electron chi connectivity index (χ2n) is 6.29. The topological polar surface area (TPSA) is 90.4 Å². The Morgan fingerprint density at radius 1 is 1.07 bits per heavy atom. The monoisotopic (exact) mass is 391 g/mol. The lowest BCUT2D eigenvalue weighted by atomic mass is 10.1. The quantitative estimate of drug-likeness (QED) is 0.622. The summed E-state index contributed by atoms with van der Waals surface area (Å²) in [5.41, 5.74) is 2.95. The van der Waals surface area contributed by atoms with Gasteiger partial charge in [-0.2, -0.15) is 0 Å². The van der Waals surface area contributed by atoms with Crippen molar-refractivity contribution < 1.29 is 19.1 Å². The summed E-state index contributed by atoms with van der Waals surface area (Å²) in [7, 11) is 1.47. The van der Waals surface area contributed by atoms with Gasteiger partial charge in [0, 0.05) is 37.5 Å². The molecule has 0 radical (unpaired) electrons. The third-order valence-electron chi connectivity index (χ3n) is 4.18. The van der Waals surface area contributed by atoms with Crippen molar-refractivity contribution in [1.82, 2.24) is 9.97 Å². The SMILES string of the molecule is COc1ncc(-c2ccncc2)cc1NC(=O)C(Cc1ccccc1)OC(C)=O. The molecule has 2 aromatic heterocycles. The molecule has 0 aliphatic heterocycles. The number of aromatic nitrogens is 2. The van der Waals surface area contributed by atoms with Crippen LogP contribution in [-0.4, -0.2) is 35.1 Å². The number of nitrogens with zero attached hydrogens (tertiary/aromatic N) is 2. The van der Waals surface area contributed by atoms with Crippen LogP contribution in [0.15, 0.2) is 67.1 Å². The van der Waals surface area contributed by atoms with E-state index in [2.05, 4.69) is 15.3 Å². The number of ether oxygens (including phenoxy) is 2. The number of anilines is 1. The number of carbonyl (C=O) groups excluding carboxylic acids is 2. The number of rotatable bonds is 7. The molecule has 0 fully saturated rings. The zero-order chi connectivity index (χ0) is 20.6. The number of benzene rings is 1. The van der Waals surface area contributed by atoms with Crippen molar-refractivity contribution >= 4 is 17.6 Å². The molecule has 1 unspecified atom stereocenters. The van der Waals surface area contributed by atoms with E-state index in [4.69, 9.17) is 9.47 Å². The van der Waals surface area contributed by atoms with Gasteiger partial charge in [-0.3, -0.25) is 14.6 Å². The maximum Gasteiger partial charge on any atom is 0.303 e. The molecule has 1 aromatic carbocycles. The summed E-state index contributed by atoms with van der Waals surface area (Å²) in [6, 6.07) is 14.8. The highest BCUT2D eigenvalue weighted by atomic mass is 16.5. The molecule has 0 spiro atoms. The Kier molecular flexibility index (Phi) is 6.52. The van der Waals surface area contributed by atoms with Gasteiger partial charge in [0.2, 0.25) is 5.88 Å². The molecule has 148 valence electrons. The molecule has 1 atom stereocenters. The molecular weight excluding hydrogens is 370 g/mol. The zero-order valence-corrected chi connectivity index (χ0v) is 16.2. The Morgan fingerprint density at radius 3 is 2.45 bits per heavy atom. The van der Waals surface area contributed by atoms with Gasteiger partial charge in [-0.1, -0.05) is 30.3 Å². The third-order valence-corrected chi connectivity index (χ3v) is 4.18. The molecular formula is C22H21N3O4. The molecule has 0 aliphatic carbocycles. The Hall–Kier alpha value is -3.74. The standard InChI is InChI=1S/C22H21N3O4/c1-15(26)29-20(12-16-6-4-3-5-7-16)21(27)25-19-13-18(14-24-22(19)28-2)17-8-10-23-11-9-17/h3-11,13-14,20H,12H2,1-2H3,(H,25,27). The summed E-state index contributed by atoms with van der Waals surface area (Å²) in [4.78, 5) is 32.7. The van der Waals surface area contributed by atoms with Gasteiger partial charge in [0.1, 0.15) is 5.69 Å². The molecule has 1 N–H and O–H groups in total. The minimum Gasteiger partial charge on any atom is -0.480 e. The van der Waals surface area contributed by atoms with Crippen LogP contribution in [0.3, 0.4) is 0 Å². The first-order valence-electron chi connectivity index (χ1n) is 9.03. The lowest BCUT2D eigenvalue weighted by Gasteiger charge is -2.18. The lowest BCUT2D eigenvalue weighted by Crippen LogP contribution is -2.34. The molecule has 7 heteroatoms. The van der Waals surface area contributed by atoms with Crippen molar-refractivity contribution in [2.45, 2.75) is 19.4 Å². The number of hydrogen-bond donors (Lipinski definition) is 1. The number of nitrogens with one attached hydrogen (secondary N) is 1. The highest BCUT2D eigenvalue weighted by molar-refractivity contribution is 5.97. The normalized spacial score (nSPS) is 11.4. The van der Waals surface area contributed by atoms with Crippen LogP contribution in [0.25, 0.3) is 11.1 Å². The fourth-order valence-corrected chi connectivity index (χ4v) is 2.84. The van der Waals surface area contributed by atoms with Crippen molar-refractivity contribution in [2.75, 3.05) is 12.4 Å². The van der Waals surface area contributed by atoms with Crippen LogP contribution in [0, 0.1) is 0 Å². The van der Waals surface area contributed by atoms with Gasteiger partial charge in [0.15, 0.2) is 6.10 Å². The summed E-state index contributed by atoms with van der Waals surface area (Å²) in [6.07, 6.45) is 4.27. The van der Waals surface area contributed by atoms with Gasteiger partial charge in [-0.25, -0.2) is 4.98 Å². The Morgan fingerprint density at radius 2 is 1.79 bits per heavy atom. The molecule has 2 heterocycles. The maximum atomic E-state index is 12.9. The van der Waals surface area contributed by atoms with Crippen molar-refractivity contribution in [2.24, 2.45) is 0 Å². The average molecular weight is 391 g/mol. The van der Waals surface area contributed by atoms with E-state index < -0.39 is 18.0 Å². The van der Waals surface area contributed by atoms with E-state index in [9.17, 15) is 9.59 Å². The highest BCUT2D eigenvalue weighted by Crippen LogP contribution is 2.28. The number of esters is 1. The third kappa shape index (κ3) is 5.38. The molecule has 7 nitrogen and oxygen atoms in total. The highest BCUT2D eigenvalue weighted by Gasteiger charge is 2.24. The van der Waals surface area contributed by atoms with Crippen LogP contribution >= 0.6 is 0 Å². The van der Waals surface area contributed by atoms with Gasteiger partial charge in [-0.05, 0) is 29.3 Å². The smallest absolute Gasteiger partial charge is 0.303 e. The molecule has 0 saturated heterocycles. The first-order chi connectivity index (χ1) is 14.1. The van der Waals surface area contributed by atoms with Crippen molar-refractivity contribution in [3.05, 3.63) is 72.7 Å². The summed E-state index contributed by atoms with van der Waals surface area (Å²) >= 11 is 0. The molecule has 0 bridgehead atoms. The fraction of sp³-hybridized carbons (Fsp3) is 0.182. The second-order valence-corrected chi connectivity index (χ2v) is 6.29. The van der Waals surface area contributed by atoms with Crippen molar-refractivity contribution in [1.29, 1.82) is 0 Å². The van der Waals surface area contributed by atoms with E-state index in [1.165, 1.54) is 14.0 Å². The summed E-state index contributed by atoms with van der Waals surface area (Å²) in [5.74, 6) is -0.731. The summed E-state index contributed by atoms with van der Waals surface area (Å²) in [6.45, 7) is 1.28. The maximum absolute atomic E-state index is 12.9.